The van der Waals surface area contributed by atoms with Gasteiger partial charge in [0, 0.05) is 48.6 Å². The van der Waals surface area contributed by atoms with Crippen molar-refractivity contribution >= 4 is 23.2 Å². The minimum atomic E-state index is 0.112. The van der Waals surface area contributed by atoms with Gasteiger partial charge in [-0.05, 0) is 41.5 Å². The van der Waals surface area contributed by atoms with Gasteiger partial charge >= 0.3 is 0 Å². The Labute approximate surface area is 134 Å². The Kier molecular flexibility index (Phi) is 4.76. The van der Waals surface area contributed by atoms with E-state index >= 15 is 0 Å². The van der Waals surface area contributed by atoms with Crippen molar-refractivity contribution in [3.8, 4) is 0 Å². The van der Waals surface area contributed by atoms with Crippen molar-refractivity contribution in [2.24, 2.45) is 0 Å². The van der Waals surface area contributed by atoms with Crippen molar-refractivity contribution in [1.82, 2.24) is 15.2 Å². The summed E-state index contributed by atoms with van der Waals surface area (Å²) in [6.45, 7) is 3.94. The molecular formula is C16H17Cl2N3. The molecule has 1 aliphatic rings. The molecule has 3 rings (SSSR count). The number of hydrogen-bond donors (Lipinski definition) is 1. The lowest BCUT2D eigenvalue weighted by Gasteiger charge is -2.36. The Morgan fingerprint density at radius 3 is 2.48 bits per heavy atom. The van der Waals surface area contributed by atoms with E-state index in [1.54, 1.807) is 0 Å². The monoisotopic (exact) mass is 321 g/mol. The maximum Gasteiger partial charge on any atom is 0.0619 e. The third-order valence-electron chi connectivity index (χ3n) is 3.79. The average molecular weight is 322 g/mol. The zero-order valence-electron chi connectivity index (χ0n) is 11.6. The predicted octanol–water partition coefficient (Wildman–Crippen LogP) is 3.38. The molecule has 3 nitrogen and oxygen atoms in total. The quantitative estimate of drug-likeness (QED) is 0.939. The minimum Gasteiger partial charge on any atom is -0.314 e. The summed E-state index contributed by atoms with van der Waals surface area (Å²) < 4.78 is 0. The molecule has 2 heterocycles. The SMILES string of the molecule is Clc1ccc(Cl)c(C(c2ccncc2)N2CCNCC2)c1. The second-order valence-corrected chi connectivity index (χ2v) is 5.98. The summed E-state index contributed by atoms with van der Waals surface area (Å²) in [7, 11) is 0. The molecule has 0 amide bonds. The molecule has 1 aliphatic heterocycles. The number of halogens is 2. The lowest BCUT2D eigenvalue weighted by molar-refractivity contribution is 0.198. The second-order valence-electron chi connectivity index (χ2n) is 5.13. The number of piperazine rings is 1. The summed E-state index contributed by atoms with van der Waals surface area (Å²) in [6.07, 6.45) is 3.64. The summed E-state index contributed by atoms with van der Waals surface area (Å²) in [5, 5.41) is 4.85. The summed E-state index contributed by atoms with van der Waals surface area (Å²) in [5.41, 5.74) is 2.24. The van der Waals surface area contributed by atoms with E-state index in [-0.39, 0.29) is 6.04 Å². The number of benzene rings is 1. The molecule has 21 heavy (non-hydrogen) atoms. The number of rotatable bonds is 3. The van der Waals surface area contributed by atoms with Crippen LogP contribution in [0.25, 0.3) is 0 Å². The normalized spacial score (nSPS) is 17.6. The largest absolute Gasteiger partial charge is 0.314 e. The van der Waals surface area contributed by atoms with Gasteiger partial charge in [-0.2, -0.15) is 0 Å². The van der Waals surface area contributed by atoms with Gasteiger partial charge < -0.3 is 5.32 Å². The van der Waals surface area contributed by atoms with E-state index in [0.29, 0.717) is 5.02 Å². The fraction of sp³-hybridized carbons (Fsp3) is 0.312. The topological polar surface area (TPSA) is 28.2 Å². The molecule has 0 saturated carbocycles. The molecule has 1 unspecified atom stereocenters. The van der Waals surface area contributed by atoms with Crippen molar-refractivity contribution < 1.29 is 0 Å². The van der Waals surface area contributed by atoms with Crippen LogP contribution in [0.2, 0.25) is 10.0 Å². The molecule has 5 heteroatoms. The van der Waals surface area contributed by atoms with Crippen LogP contribution in [0.5, 0.6) is 0 Å². The first-order valence-electron chi connectivity index (χ1n) is 7.05. The Morgan fingerprint density at radius 1 is 1.05 bits per heavy atom. The minimum absolute atomic E-state index is 0.112. The van der Waals surface area contributed by atoms with Crippen LogP contribution in [0.3, 0.4) is 0 Å². The first-order valence-corrected chi connectivity index (χ1v) is 7.81. The van der Waals surface area contributed by atoms with Crippen LogP contribution < -0.4 is 5.32 Å². The fourth-order valence-corrected chi connectivity index (χ4v) is 3.20. The molecule has 1 saturated heterocycles. The standard InChI is InChI=1S/C16H17Cl2N3/c17-13-1-2-15(18)14(11-13)16(12-3-5-19-6-4-12)21-9-7-20-8-10-21/h1-6,11,16,20H,7-10H2. The van der Waals surface area contributed by atoms with Crippen molar-refractivity contribution in [2.45, 2.75) is 6.04 Å². The van der Waals surface area contributed by atoms with Crippen LogP contribution in [0.4, 0.5) is 0 Å². The van der Waals surface area contributed by atoms with Crippen molar-refractivity contribution in [3.63, 3.8) is 0 Å². The van der Waals surface area contributed by atoms with E-state index in [9.17, 15) is 0 Å². The number of nitrogens with one attached hydrogen (secondary N) is 1. The molecule has 0 bridgehead atoms. The number of nitrogens with zero attached hydrogens (tertiary/aromatic N) is 2. The Morgan fingerprint density at radius 2 is 1.76 bits per heavy atom. The third-order valence-corrected chi connectivity index (χ3v) is 4.37. The second kappa shape index (κ2) is 6.75. The van der Waals surface area contributed by atoms with Crippen LogP contribution in [0, 0.1) is 0 Å². The summed E-state index contributed by atoms with van der Waals surface area (Å²) in [4.78, 5) is 6.55. The molecule has 0 spiro atoms. The highest BCUT2D eigenvalue weighted by Gasteiger charge is 2.25. The van der Waals surface area contributed by atoms with Gasteiger partial charge in [0.15, 0.2) is 0 Å². The highest BCUT2D eigenvalue weighted by Crippen LogP contribution is 2.34. The molecule has 110 valence electrons. The van der Waals surface area contributed by atoms with Gasteiger partial charge in [-0.25, -0.2) is 0 Å². The first-order chi connectivity index (χ1) is 10.3. The maximum atomic E-state index is 6.44. The van der Waals surface area contributed by atoms with Crippen molar-refractivity contribution in [3.05, 3.63) is 63.9 Å². The van der Waals surface area contributed by atoms with E-state index < -0.39 is 0 Å². The molecule has 1 aromatic carbocycles. The van der Waals surface area contributed by atoms with Gasteiger partial charge in [0.25, 0.3) is 0 Å². The van der Waals surface area contributed by atoms with Crippen LogP contribution in [-0.4, -0.2) is 36.1 Å². The predicted molar refractivity (Wildman–Crippen MR) is 87.0 cm³/mol. The van der Waals surface area contributed by atoms with Gasteiger partial charge in [-0.1, -0.05) is 23.2 Å². The van der Waals surface area contributed by atoms with Crippen molar-refractivity contribution in [1.29, 1.82) is 0 Å². The molecule has 0 radical (unpaired) electrons. The molecular weight excluding hydrogens is 305 g/mol. The van der Waals surface area contributed by atoms with Crippen LogP contribution in [-0.2, 0) is 0 Å². The van der Waals surface area contributed by atoms with E-state index in [4.69, 9.17) is 23.2 Å². The van der Waals surface area contributed by atoms with Crippen LogP contribution in [0.1, 0.15) is 17.2 Å². The highest BCUT2D eigenvalue weighted by molar-refractivity contribution is 6.33. The Hall–Kier alpha value is -1.13. The number of aromatic nitrogens is 1. The van der Waals surface area contributed by atoms with Crippen LogP contribution in [0.15, 0.2) is 42.7 Å². The average Bonchev–Trinajstić information content (AvgIpc) is 2.53. The first kappa shape index (κ1) is 14.8. The van der Waals surface area contributed by atoms with Gasteiger partial charge in [-0.3, -0.25) is 9.88 Å². The lowest BCUT2D eigenvalue weighted by atomic mass is 9.97. The van der Waals surface area contributed by atoms with Crippen LogP contribution >= 0.6 is 23.2 Å². The summed E-state index contributed by atoms with van der Waals surface area (Å²) in [6, 6.07) is 9.87. The van der Waals surface area contributed by atoms with E-state index in [1.807, 2.05) is 42.7 Å². The molecule has 0 aliphatic carbocycles. The lowest BCUT2D eigenvalue weighted by Crippen LogP contribution is -2.45. The molecule has 1 fully saturated rings. The smallest absolute Gasteiger partial charge is 0.0619 e. The number of pyridine rings is 1. The molecule has 1 aromatic heterocycles. The van der Waals surface area contributed by atoms with E-state index in [2.05, 4.69) is 15.2 Å². The van der Waals surface area contributed by atoms with Gasteiger partial charge in [0.05, 0.1) is 6.04 Å². The zero-order valence-corrected chi connectivity index (χ0v) is 13.1. The maximum absolute atomic E-state index is 6.44. The van der Waals surface area contributed by atoms with E-state index in [1.165, 1.54) is 5.56 Å². The Balaban J connectivity index is 2.05. The summed E-state index contributed by atoms with van der Waals surface area (Å²) in [5.74, 6) is 0. The fourth-order valence-electron chi connectivity index (χ4n) is 2.80. The van der Waals surface area contributed by atoms with Gasteiger partial charge in [0.2, 0.25) is 0 Å². The highest BCUT2D eigenvalue weighted by atomic mass is 35.5. The molecule has 2 aromatic rings. The van der Waals surface area contributed by atoms with Gasteiger partial charge in [0.1, 0.15) is 0 Å². The zero-order chi connectivity index (χ0) is 14.7. The molecule has 1 N–H and O–H groups in total. The van der Waals surface area contributed by atoms with Crippen molar-refractivity contribution in [2.75, 3.05) is 26.2 Å². The Bertz CT molecular complexity index is 598. The van der Waals surface area contributed by atoms with Gasteiger partial charge in [-0.15, -0.1) is 0 Å². The third kappa shape index (κ3) is 3.38. The summed E-state index contributed by atoms with van der Waals surface area (Å²) >= 11 is 12.6. The number of hydrogen-bond acceptors (Lipinski definition) is 3. The molecule has 1 atom stereocenters. The van der Waals surface area contributed by atoms with E-state index in [0.717, 1.165) is 36.8 Å².